The number of halogens is 1. The van der Waals surface area contributed by atoms with E-state index in [2.05, 4.69) is 5.32 Å². The zero-order valence-electron chi connectivity index (χ0n) is 17.4. The van der Waals surface area contributed by atoms with Crippen molar-refractivity contribution < 1.29 is 9.59 Å². The zero-order chi connectivity index (χ0) is 21.4. The highest BCUT2D eigenvalue weighted by Crippen LogP contribution is 2.18. The average molecular weight is 433 g/mol. The molecule has 0 aliphatic rings. The first-order valence-electron chi connectivity index (χ1n) is 9.74. The summed E-state index contributed by atoms with van der Waals surface area (Å²) < 4.78 is 0. The highest BCUT2D eigenvalue weighted by molar-refractivity contribution is 7.99. The normalized spacial score (nSPS) is 11.9. The Morgan fingerprint density at radius 2 is 1.76 bits per heavy atom. The number of aryl methyl sites for hydroxylation is 1. The fourth-order valence-corrected chi connectivity index (χ4v) is 3.91. The Balaban J connectivity index is 2.06. The lowest BCUT2D eigenvalue weighted by molar-refractivity contribution is -0.138. The van der Waals surface area contributed by atoms with Crippen molar-refractivity contribution in [3.63, 3.8) is 0 Å². The van der Waals surface area contributed by atoms with Gasteiger partial charge < -0.3 is 10.2 Å². The molecule has 0 unspecified atom stereocenters. The fourth-order valence-electron chi connectivity index (χ4n) is 2.84. The van der Waals surface area contributed by atoms with Gasteiger partial charge in [0.05, 0.1) is 5.75 Å². The van der Waals surface area contributed by atoms with Gasteiger partial charge in [0, 0.05) is 23.4 Å². The molecule has 0 spiro atoms. The van der Waals surface area contributed by atoms with E-state index in [1.165, 1.54) is 11.8 Å². The summed E-state index contributed by atoms with van der Waals surface area (Å²) >= 11 is 7.55. The van der Waals surface area contributed by atoms with Crippen LogP contribution in [0.5, 0.6) is 0 Å². The summed E-state index contributed by atoms with van der Waals surface area (Å²) in [4.78, 5) is 27.2. The topological polar surface area (TPSA) is 49.4 Å². The number of thioether (sulfide) groups is 1. The monoisotopic (exact) mass is 432 g/mol. The van der Waals surface area contributed by atoms with Crippen molar-refractivity contribution in [2.45, 2.75) is 52.1 Å². The van der Waals surface area contributed by atoms with E-state index in [-0.39, 0.29) is 17.9 Å². The number of carbonyl (C=O) groups is 2. The Kier molecular flexibility index (Phi) is 9.05. The smallest absolute Gasteiger partial charge is 0.242 e. The van der Waals surface area contributed by atoms with Gasteiger partial charge in [0.15, 0.2) is 0 Å². The quantitative estimate of drug-likeness (QED) is 0.617. The van der Waals surface area contributed by atoms with Gasteiger partial charge in [0.1, 0.15) is 6.04 Å². The highest BCUT2D eigenvalue weighted by Gasteiger charge is 2.26. The average Bonchev–Trinajstić information content (AvgIpc) is 2.66. The third-order valence-corrected chi connectivity index (χ3v) is 5.68. The molecule has 0 aliphatic carbocycles. The molecule has 4 nitrogen and oxygen atoms in total. The molecule has 0 fully saturated rings. The van der Waals surface area contributed by atoms with E-state index >= 15 is 0 Å². The van der Waals surface area contributed by atoms with Gasteiger partial charge in [-0.15, -0.1) is 11.8 Å². The first-order valence-corrected chi connectivity index (χ1v) is 11.3. The molecule has 0 heterocycles. The van der Waals surface area contributed by atoms with Gasteiger partial charge in [0.25, 0.3) is 0 Å². The van der Waals surface area contributed by atoms with Crippen LogP contribution < -0.4 is 5.32 Å². The van der Waals surface area contributed by atoms with Crippen LogP contribution in [0.25, 0.3) is 0 Å². The van der Waals surface area contributed by atoms with Crippen LogP contribution in [0.15, 0.2) is 48.5 Å². The van der Waals surface area contributed by atoms with E-state index in [9.17, 15) is 9.59 Å². The van der Waals surface area contributed by atoms with Gasteiger partial charge in [-0.3, -0.25) is 9.59 Å². The number of hydrogen-bond donors (Lipinski definition) is 1. The molecule has 2 amide bonds. The largest absolute Gasteiger partial charge is 0.352 e. The zero-order valence-corrected chi connectivity index (χ0v) is 19.0. The molecular formula is C23H29ClN2O2S. The van der Waals surface area contributed by atoms with Crippen LogP contribution in [0.3, 0.4) is 0 Å². The molecule has 0 saturated carbocycles. The second-order valence-corrected chi connectivity index (χ2v) is 8.89. The van der Waals surface area contributed by atoms with Crippen LogP contribution in [0.2, 0.25) is 5.02 Å². The summed E-state index contributed by atoms with van der Waals surface area (Å²) in [5.74, 6) is 0.805. The first kappa shape index (κ1) is 23.3. The van der Waals surface area contributed by atoms with E-state index in [0.717, 1.165) is 16.7 Å². The second-order valence-electron chi connectivity index (χ2n) is 7.47. The molecule has 0 aliphatic heterocycles. The van der Waals surface area contributed by atoms with Crippen LogP contribution in [-0.2, 0) is 21.9 Å². The van der Waals surface area contributed by atoms with E-state index in [1.807, 2.05) is 69.3 Å². The van der Waals surface area contributed by atoms with Crippen molar-refractivity contribution in [3.8, 4) is 0 Å². The Labute approximate surface area is 183 Å². The number of nitrogens with one attached hydrogen (secondary N) is 1. The molecule has 0 saturated heterocycles. The van der Waals surface area contributed by atoms with Crippen molar-refractivity contribution in [2.75, 3.05) is 5.75 Å². The summed E-state index contributed by atoms with van der Waals surface area (Å²) in [5, 5.41) is 3.60. The summed E-state index contributed by atoms with van der Waals surface area (Å²) in [6, 6.07) is 15.2. The van der Waals surface area contributed by atoms with Gasteiger partial charge in [-0.2, -0.15) is 0 Å². The van der Waals surface area contributed by atoms with Crippen molar-refractivity contribution in [3.05, 3.63) is 70.2 Å². The van der Waals surface area contributed by atoms with E-state index in [1.54, 1.807) is 11.8 Å². The highest BCUT2D eigenvalue weighted by atomic mass is 35.5. The lowest BCUT2D eigenvalue weighted by atomic mass is 10.1. The lowest BCUT2D eigenvalue weighted by Gasteiger charge is -2.29. The Morgan fingerprint density at radius 3 is 2.38 bits per heavy atom. The van der Waals surface area contributed by atoms with Crippen LogP contribution >= 0.6 is 23.4 Å². The predicted octanol–water partition coefficient (Wildman–Crippen LogP) is 4.82. The number of benzene rings is 2. The van der Waals surface area contributed by atoms with Crippen molar-refractivity contribution in [1.29, 1.82) is 0 Å². The van der Waals surface area contributed by atoms with E-state index in [4.69, 9.17) is 11.6 Å². The molecule has 2 aromatic rings. The standard InChI is InChI=1S/C23H29ClN2O2S/c1-16(2)25-23(28)18(4)26(13-19-10-8-17(3)9-11-19)22(27)15-29-14-20-6-5-7-21(24)12-20/h5-12,16,18H,13-15H2,1-4H3,(H,25,28)/t18-/m0/s1. The minimum atomic E-state index is -0.544. The molecule has 29 heavy (non-hydrogen) atoms. The molecule has 0 radical (unpaired) electrons. The SMILES string of the molecule is Cc1ccc(CN(C(=O)CSCc2cccc(Cl)c2)[C@@H](C)C(=O)NC(C)C)cc1. The van der Waals surface area contributed by atoms with Crippen molar-refractivity contribution in [1.82, 2.24) is 10.2 Å². The number of amides is 2. The van der Waals surface area contributed by atoms with E-state index < -0.39 is 6.04 Å². The fraction of sp³-hybridized carbons (Fsp3) is 0.391. The Bertz CT molecular complexity index is 824. The van der Waals surface area contributed by atoms with Crippen LogP contribution in [0.1, 0.15) is 37.5 Å². The van der Waals surface area contributed by atoms with Crippen LogP contribution in [0.4, 0.5) is 0 Å². The van der Waals surface area contributed by atoms with Crippen LogP contribution in [0, 0.1) is 6.92 Å². The van der Waals surface area contributed by atoms with Crippen LogP contribution in [-0.4, -0.2) is 34.6 Å². The lowest BCUT2D eigenvalue weighted by Crippen LogP contribution is -2.49. The minimum absolute atomic E-state index is 0.0264. The maximum atomic E-state index is 13.0. The molecule has 6 heteroatoms. The molecule has 156 valence electrons. The molecule has 0 aromatic heterocycles. The van der Waals surface area contributed by atoms with Crippen molar-refractivity contribution in [2.24, 2.45) is 0 Å². The number of nitrogens with zero attached hydrogens (tertiary/aromatic N) is 1. The summed E-state index contributed by atoms with van der Waals surface area (Å²) in [7, 11) is 0. The third kappa shape index (κ3) is 7.75. The van der Waals surface area contributed by atoms with Crippen molar-refractivity contribution >= 4 is 35.2 Å². The molecule has 2 rings (SSSR count). The molecule has 2 aromatic carbocycles. The summed E-state index contributed by atoms with van der Waals surface area (Å²) in [6.07, 6.45) is 0. The predicted molar refractivity (Wildman–Crippen MR) is 122 cm³/mol. The van der Waals surface area contributed by atoms with Gasteiger partial charge in [0.2, 0.25) is 11.8 Å². The minimum Gasteiger partial charge on any atom is -0.352 e. The summed E-state index contributed by atoms with van der Waals surface area (Å²) in [6.45, 7) is 8.04. The van der Waals surface area contributed by atoms with Gasteiger partial charge in [-0.05, 0) is 51.0 Å². The molecular weight excluding hydrogens is 404 g/mol. The summed E-state index contributed by atoms with van der Waals surface area (Å²) in [5.41, 5.74) is 3.24. The Morgan fingerprint density at radius 1 is 1.07 bits per heavy atom. The third-order valence-electron chi connectivity index (χ3n) is 4.46. The molecule has 1 atom stereocenters. The van der Waals surface area contributed by atoms with Gasteiger partial charge in [-0.1, -0.05) is 53.6 Å². The van der Waals surface area contributed by atoms with E-state index in [0.29, 0.717) is 23.1 Å². The number of rotatable bonds is 9. The Hall–Kier alpha value is -1.98. The molecule has 1 N–H and O–H groups in total. The number of hydrogen-bond acceptors (Lipinski definition) is 3. The maximum Gasteiger partial charge on any atom is 0.242 e. The number of carbonyl (C=O) groups excluding carboxylic acids is 2. The molecule has 0 bridgehead atoms. The first-order chi connectivity index (χ1) is 13.8. The van der Waals surface area contributed by atoms with Gasteiger partial charge in [-0.25, -0.2) is 0 Å². The maximum absolute atomic E-state index is 13.0. The second kappa shape index (κ2) is 11.3. The van der Waals surface area contributed by atoms with Gasteiger partial charge >= 0.3 is 0 Å².